The summed E-state index contributed by atoms with van der Waals surface area (Å²) in [6.45, 7) is 2.04. The molecule has 0 aliphatic rings. The van der Waals surface area contributed by atoms with Crippen LogP contribution in [-0.4, -0.2) is 17.3 Å². The maximum Gasteiger partial charge on any atom is 0.148 e. The highest BCUT2D eigenvalue weighted by atomic mass is 16.5. The lowest BCUT2D eigenvalue weighted by molar-refractivity contribution is 0.417. The van der Waals surface area contributed by atoms with Gasteiger partial charge in [-0.15, -0.1) is 0 Å². The lowest BCUT2D eigenvalue weighted by Crippen LogP contribution is -1.90. The molecule has 1 aromatic heterocycles. The molecular formula is C10H10N2O. The van der Waals surface area contributed by atoms with E-state index in [4.69, 9.17) is 4.74 Å². The van der Waals surface area contributed by atoms with E-state index >= 15 is 0 Å². The second-order valence-corrected chi connectivity index (χ2v) is 2.93. The van der Waals surface area contributed by atoms with Gasteiger partial charge in [-0.05, 0) is 19.1 Å². The van der Waals surface area contributed by atoms with Crippen molar-refractivity contribution in [3.05, 3.63) is 30.0 Å². The van der Waals surface area contributed by atoms with Crippen molar-refractivity contribution in [2.24, 2.45) is 0 Å². The number of aromatic nitrogens is 2. The van der Waals surface area contributed by atoms with Gasteiger partial charge in [-0.2, -0.15) is 10.2 Å². The molecule has 1 aromatic carbocycles. The van der Waals surface area contributed by atoms with E-state index in [0.29, 0.717) is 0 Å². The quantitative estimate of drug-likeness (QED) is 0.662. The van der Waals surface area contributed by atoms with Crippen LogP contribution in [0.5, 0.6) is 5.75 Å². The molecule has 0 aliphatic carbocycles. The molecule has 0 unspecified atom stereocenters. The van der Waals surface area contributed by atoms with E-state index in [1.54, 1.807) is 13.3 Å². The SMILES string of the molecule is COc1cnnc2ccc(C)cc12. The Labute approximate surface area is 76.4 Å². The number of rotatable bonds is 1. The first-order chi connectivity index (χ1) is 6.31. The number of hydrogen-bond acceptors (Lipinski definition) is 3. The van der Waals surface area contributed by atoms with Crippen molar-refractivity contribution in [1.82, 2.24) is 10.2 Å². The normalized spacial score (nSPS) is 10.3. The fraction of sp³-hybridized carbons (Fsp3) is 0.200. The molecular weight excluding hydrogens is 164 g/mol. The van der Waals surface area contributed by atoms with Gasteiger partial charge in [0.1, 0.15) is 5.75 Å². The zero-order chi connectivity index (χ0) is 9.26. The van der Waals surface area contributed by atoms with Crippen LogP contribution < -0.4 is 4.74 Å². The minimum atomic E-state index is 0.772. The Morgan fingerprint density at radius 2 is 2.15 bits per heavy atom. The summed E-state index contributed by atoms with van der Waals surface area (Å²) in [5, 5.41) is 8.85. The molecule has 13 heavy (non-hydrogen) atoms. The van der Waals surface area contributed by atoms with Crippen LogP contribution in [0.25, 0.3) is 10.9 Å². The van der Waals surface area contributed by atoms with Gasteiger partial charge in [-0.25, -0.2) is 0 Å². The van der Waals surface area contributed by atoms with Crippen molar-refractivity contribution in [3.63, 3.8) is 0 Å². The van der Waals surface area contributed by atoms with E-state index in [0.717, 1.165) is 16.7 Å². The van der Waals surface area contributed by atoms with Crippen LogP contribution in [-0.2, 0) is 0 Å². The number of fused-ring (bicyclic) bond motifs is 1. The van der Waals surface area contributed by atoms with Crippen molar-refractivity contribution < 1.29 is 4.74 Å². The third-order valence-electron chi connectivity index (χ3n) is 1.98. The second-order valence-electron chi connectivity index (χ2n) is 2.93. The van der Waals surface area contributed by atoms with Crippen LogP contribution in [0.15, 0.2) is 24.4 Å². The fourth-order valence-electron chi connectivity index (χ4n) is 1.31. The van der Waals surface area contributed by atoms with Gasteiger partial charge in [-0.1, -0.05) is 11.6 Å². The first kappa shape index (κ1) is 7.98. The molecule has 3 nitrogen and oxygen atoms in total. The largest absolute Gasteiger partial charge is 0.494 e. The lowest BCUT2D eigenvalue weighted by atomic mass is 10.1. The molecule has 0 amide bonds. The van der Waals surface area contributed by atoms with Crippen LogP contribution in [0, 0.1) is 6.92 Å². The third kappa shape index (κ3) is 1.33. The average molecular weight is 174 g/mol. The van der Waals surface area contributed by atoms with Gasteiger partial charge in [0.25, 0.3) is 0 Å². The Morgan fingerprint density at radius 3 is 2.92 bits per heavy atom. The summed E-state index contributed by atoms with van der Waals surface area (Å²) in [5.41, 5.74) is 2.06. The van der Waals surface area contributed by atoms with E-state index in [9.17, 15) is 0 Å². The first-order valence-corrected chi connectivity index (χ1v) is 4.07. The Hall–Kier alpha value is -1.64. The maximum absolute atomic E-state index is 5.18. The summed E-state index contributed by atoms with van der Waals surface area (Å²) in [5.74, 6) is 0.772. The molecule has 0 N–H and O–H groups in total. The second kappa shape index (κ2) is 3.01. The van der Waals surface area contributed by atoms with Gasteiger partial charge in [0.05, 0.1) is 18.8 Å². The van der Waals surface area contributed by atoms with Crippen LogP contribution in [0.3, 0.4) is 0 Å². The molecule has 0 aliphatic heterocycles. The topological polar surface area (TPSA) is 35.0 Å². The monoisotopic (exact) mass is 174 g/mol. The van der Waals surface area contributed by atoms with Crippen molar-refractivity contribution >= 4 is 10.9 Å². The smallest absolute Gasteiger partial charge is 0.148 e. The molecule has 0 bridgehead atoms. The van der Waals surface area contributed by atoms with E-state index in [1.165, 1.54) is 5.56 Å². The first-order valence-electron chi connectivity index (χ1n) is 4.07. The zero-order valence-electron chi connectivity index (χ0n) is 7.61. The average Bonchev–Trinajstić information content (AvgIpc) is 2.17. The van der Waals surface area contributed by atoms with E-state index in [2.05, 4.69) is 10.2 Å². The molecule has 3 heteroatoms. The van der Waals surface area contributed by atoms with Gasteiger partial charge in [-0.3, -0.25) is 0 Å². The minimum Gasteiger partial charge on any atom is -0.494 e. The number of hydrogen-bond donors (Lipinski definition) is 0. The van der Waals surface area contributed by atoms with Crippen molar-refractivity contribution in [2.45, 2.75) is 6.92 Å². The molecule has 0 atom stereocenters. The summed E-state index contributed by atoms with van der Waals surface area (Å²) in [6, 6.07) is 6.00. The summed E-state index contributed by atoms with van der Waals surface area (Å²) in [6.07, 6.45) is 1.63. The van der Waals surface area contributed by atoms with E-state index in [-0.39, 0.29) is 0 Å². The number of methoxy groups -OCH3 is 1. The van der Waals surface area contributed by atoms with Crippen molar-refractivity contribution in [3.8, 4) is 5.75 Å². The number of benzene rings is 1. The van der Waals surface area contributed by atoms with Gasteiger partial charge < -0.3 is 4.74 Å². The summed E-state index contributed by atoms with van der Waals surface area (Å²) < 4.78 is 5.18. The van der Waals surface area contributed by atoms with Crippen molar-refractivity contribution in [2.75, 3.05) is 7.11 Å². The molecule has 0 fully saturated rings. The van der Waals surface area contributed by atoms with Gasteiger partial charge in [0.15, 0.2) is 0 Å². The molecule has 1 heterocycles. The van der Waals surface area contributed by atoms with Crippen LogP contribution in [0.4, 0.5) is 0 Å². The van der Waals surface area contributed by atoms with Crippen LogP contribution >= 0.6 is 0 Å². The highest BCUT2D eigenvalue weighted by Gasteiger charge is 2.01. The molecule has 2 rings (SSSR count). The molecule has 2 aromatic rings. The Morgan fingerprint density at radius 1 is 1.31 bits per heavy atom. The van der Waals surface area contributed by atoms with Crippen LogP contribution in [0.2, 0.25) is 0 Å². The Balaban J connectivity index is 2.79. The van der Waals surface area contributed by atoms with E-state index in [1.807, 2.05) is 25.1 Å². The highest BCUT2D eigenvalue weighted by molar-refractivity contribution is 5.84. The minimum absolute atomic E-state index is 0.772. The highest BCUT2D eigenvalue weighted by Crippen LogP contribution is 2.22. The molecule has 0 radical (unpaired) electrons. The fourth-order valence-corrected chi connectivity index (χ4v) is 1.31. The van der Waals surface area contributed by atoms with Crippen LogP contribution in [0.1, 0.15) is 5.56 Å². The summed E-state index contributed by atoms with van der Waals surface area (Å²) in [4.78, 5) is 0. The van der Waals surface area contributed by atoms with E-state index < -0.39 is 0 Å². The third-order valence-corrected chi connectivity index (χ3v) is 1.98. The molecule has 0 saturated carbocycles. The molecule has 66 valence electrons. The standard InChI is InChI=1S/C10H10N2O/c1-7-3-4-9-8(5-7)10(13-2)6-11-12-9/h3-6H,1-2H3. The van der Waals surface area contributed by atoms with Gasteiger partial charge in [0, 0.05) is 5.39 Å². The van der Waals surface area contributed by atoms with Crippen molar-refractivity contribution in [1.29, 1.82) is 0 Å². The number of nitrogens with zero attached hydrogens (tertiary/aromatic N) is 2. The van der Waals surface area contributed by atoms with Gasteiger partial charge >= 0.3 is 0 Å². The maximum atomic E-state index is 5.18. The predicted octanol–water partition coefficient (Wildman–Crippen LogP) is 1.95. The summed E-state index contributed by atoms with van der Waals surface area (Å²) in [7, 11) is 1.64. The molecule has 0 spiro atoms. The molecule has 0 saturated heterocycles. The number of ether oxygens (including phenoxy) is 1. The number of aryl methyl sites for hydroxylation is 1. The summed E-state index contributed by atoms with van der Waals surface area (Å²) >= 11 is 0. The lowest BCUT2D eigenvalue weighted by Gasteiger charge is -2.03. The van der Waals surface area contributed by atoms with Gasteiger partial charge in [0.2, 0.25) is 0 Å². The Bertz CT molecular complexity index is 440. The zero-order valence-corrected chi connectivity index (χ0v) is 7.61. The predicted molar refractivity (Wildman–Crippen MR) is 50.8 cm³/mol. The Kier molecular flexibility index (Phi) is 1.85.